The number of benzene rings is 1. The maximum atomic E-state index is 12.6. The van der Waals surface area contributed by atoms with Crippen molar-refractivity contribution in [2.75, 3.05) is 32.0 Å². The number of carbonyl (C=O) groups excluding carboxylic acids is 2. The van der Waals surface area contributed by atoms with Crippen molar-refractivity contribution in [1.29, 1.82) is 0 Å². The lowest BCUT2D eigenvalue weighted by molar-refractivity contribution is -0.116. The van der Waals surface area contributed by atoms with Crippen molar-refractivity contribution in [3.05, 3.63) is 29.3 Å². The van der Waals surface area contributed by atoms with E-state index in [1.54, 1.807) is 0 Å². The van der Waals surface area contributed by atoms with E-state index in [1.807, 2.05) is 37.1 Å². The molecule has 1 heterocycles. The zero-order chi connectivity index (χ0) is 17.5. The number of carbonyl (C=O) groups is 2. The number of hydrogen-bond acceptors (Lipinski definition) is 3. The van der Waals surface area contributed by atoms with Crippen molar-refractivity contribution in [2.45, 2.75) is 39.5 Å². The normalized spacial score (nSPS) is 16.9. The van der Waals surface area contributed by atoms with Crippen molar-refractivity contribution in [3.63, 3.8) is 0 Å². The first kappa shape index (κ1) is 21.5. The van der Waals surface area contributed by atoms with Crippen LogP contribution in [0.1, 0.15) is 48.5 Å². The predicted molar refractivity (Wildman–Crippen MR) is 105 cm³/mol. The van der Waals surface area contributed by atoms with E-state index < -0.39 is 0 Å². The number of rotatable bonds is 6. The van der Waals surface area contributed by atoms with E-state index in [2.05, 4.69) is 17.6 Å². The molecule has 1 atom stereocenters. The van der Waals surface area contributed by atoms with E-state index in [9.17, 15) is 9.59 Å². The molecule has 2 N–H and O–H groups in total. The molecule has 0 aliphatic carbocycles. The summed E-state index contributed by atoms with van der Waals surface area (Å²) in [6.45, 7) is 6.62. The highest BCUT2D eigenvalue weighted by molar-refractivity contribution is 5.96. The Bertz CT molecular complexity index is 592. The van der Waals surface area contributed by atoms with Crippen molar-refractivity contribution >= 4 is 29.9 Å². The van der Waals surface area contributed by atoms with E-state index in [4.69, 9.17) is 0 Å². The molecule has 0 saturated carbocycles. The van der Waals surface area contributed by atoms with E-state index in [-0.39, 0.29) is 24.2 Å². The van der Waals surface area contributed by atoms with Crippen LogP contribution >= 0.6 is 12.4 Å². The number of aryl methyl sites for hydroxylation is 1. The third-order valence-electron chi connectivity index (χ3n) is 4.52. The molecule has 5 nitrogen and oxygen atoms in total. The molecular formula is C19H30ClN3O2. The van der Waals surface area contributed by atoms with Gasteiger partial charge in [0, 0.05) is 30.8 Å². The number of anilines is 1. The standard InChI is InChI=1S/C19H29N3O2.ClH/c1-14-6-5-11-22(13-14)19(24)16-8-9-17(15(2)12-16)21-18(23)7-4-10-20-3;/h8-9,12,14,20H,4-7,10-11,13H2,1-3H3,(H,21,23);1H. The molecule has 0 radical (unpaired) electrons. The van der Waals surface area contributed by atoms with Crippen molar-refractivity contribution < 1.29 is 9.59 Å². The van der Waals surface area contributed by atoms with Crippen LogP contribution in [0.3, 0.4) is 0 Å². The van der Waals surface area contributed by atoms with Gasteiger partial charge in [-0.15, -0.1) is 12.4 Å². The van der Waals surface area contributed by atoms with Gasteiger partial charge in [0.25, 0.3) is 5.91 Å². The molecule has 1 aliphatic rings. The van der Waals surface area contributed by atoms with Gasteiger partial charge in [-0.25, -0.2) is 0 Å². The summed E-state index contributed by atoms with van der Waals surface area (Å²) in [7, 11) is 1.88. The van der Waals surface area contributed by atoms with Gasteiger partial charge in [-0.05, 0) is 69.5 Å². The average molecular weight is 368 g/mol. The monoisotopic (exact) mass is 367 g/mol. The zero-order valence-electron chi connectivity index (χ0n) is 15.4. The molecule has 6 heteroatoms. The highest BCUT2D eigenvalue weighted by atomic mass is 35.5. The summed E-state index contributed by atoms with van der Waals surface area (Å²) in [5, 5.41) is 5.96. The fraction of sp³-hybridized carbons (Fsp3) is 0.579. The minimum atomic E-state index is 0. The Morgan fingerprint density at radius 3 is 2.72 bits per heavy atom. The topological polar surface area (TPSA) is 61.4 Å². The average Bonchev–Trinajstić information content (AvgIpc) is 2.56. The van der Waals surface area contributed by atoms with Crippen LogP contribution in [-0.2, 0) is 4.79 Å². The second kappa shape index (κ2) is 10.4. The van der Waals surface area contributed by atoms with Crippen molar-refractivity contribution in [2.24, 2.45) is 5.92 Å². The van der Waals surface area contributed by atoms with Crippen LogP contribution in [-0.4, -0.2) is 43.4 Å². The third kappa shape index (κ3) is 6.33. The van der Waals surface area contributed by atoms with Gasteiger partial charge >= 0.3 is 0 Å². The lowest BCUT2D eigenvalue weighted by Crippen LogP contribution is -2.39. The highest BCUT2D eigenvalue weighted by Crippen LogP contribution is 2.21. The largest absolute Gasteiger partial charge is 0.338 e. The minimum absolute atomic E-state index is 0. The number of hydrogen-bond donors (Lipinski definition) is 2. The summed E-state index contributed by atoms with van der Waals surface area (Å²) >= 11 is 0. The molecule has 1 aromatic carbocycles. The Balaban J connectivity index is 0.00000312. The van der Waals surface area contributed by atoms with E-state index in [0.29, 0.717) is 17.9 Å². The van der Waals surface area contributed by atoms with E-state index >= 15 is 0 Å². The molecule has 2 rings (SSSR count). The van der Waals surface area contributed by atoms with Gasteiger partial charge in [0.15, 0.2) is 0 Å². The molecule has 2 amide bonds. The van der Waals surface area contributed by atoms with E-state index in [1.165, 1.54) is 6.42 Å². The predicted octanol–water partition coefficient (Wildman–Crippen LogP) is 3.23. The maximum Gasteiger partial charge on any atom is 0.253 e. The fourth-order valence-electron chi connectivity index (χ4n) is 3.13. The van der Waals surface area contributed by atoms with Crippen LogP contribution in [0.2, 0.25) is 0 Å². The first-order chi connectivity index (χ1) is 11.5. The number of halogens is 1. The van der Waals surface area contributed by atoms with Crippen LogP contribution in [0.15, 0.2) is 18.2 Å². The quantitative estimate of drug-likeness (QED) is 0.759. The highest BCUT2D eigenvalue weighted by Gasteiger charge is 2.22. The van der Waals surface area contributed by atoms with Crippen molar-refractivity contribution in [1.82, 2.24) is 10.2 Å². The number of nitrogens with one attached hydrogen (secondary N) is 2. The van der Waals surface area contributed by atoms with Crippen LogP contribution in [0.25, 0.3) is 0 Å². The van der Waals surface area contributed by atoms with Gasteiger partial charge in [-0.2, -0.15) is 0 Å². The molecule has 25 heavy (non-hydrogen) atoms. The molecule has 1 fully saturated rings. The van der Waals surface area contributed by atoms with Gasteiger partial charge in [0.2, 0.25) is 5.91 Å². The molecule has 0 bridgehead atoms. The van der Waals surface area contributed by atoms with Crippen LogP contribution in [0.5, 0.6) is 0 Å². The summed E-state index contributed by atoms with van der Waals surface area (Å²) in [6.07, 6.45) is 3.58. The van der Waals surface area contributed by atoms with Crippen LogP contribution in [0, 0.1) is 12.8 Å². The smallest absolute Gasteiger partial charge is 0.253 e. The van der Waals surface area contributed by atoms with Gasteiger partial charge in [-0.3, -0.25) is 9.59 Å². The Morgan fingerprint density at radius 1 is 1.32 bits per heavy atom. The Hall–Kier alpha value is -1.59. The molecule has 1 unspecified atom stereocenters. The Kier molecular flexibility index (Phi) is 8.93. The molecule has 0 spiro atoms. The number of amides is 2. The summed E-state index contributed by atoms with van der Waals surface area (Å²) < 4.78 is 0. The SMILES string of the molecule is CNCCCC(=O)Nc1ccc(C(=O)N2CCCC(C)C2)cc1C.Cl. The molecule has 140 valence electrons. The molecule has 0 aromatic heterocycles. The number of piperidine rings is 1. The lowest BCUT2D eigenvalue weighted by atomic mass is 9.99. The number of likely N-dealkylation sites (tertiary alicyclic amines) is 1. The fourth-order valence-corrected chi connectivity index (χ4v) is 3.13. The van der Waals surface area contributed by atoms with Gasteiger partial charge < -0.3 is 15.5 Å². The van der Waals surface area contributed by atoms with E-state index in [0.717, 1.165) is 43.7 Å². The Morgan fingerprint density at radius 2 is 2.08 bits per heavy atom. The zero-order valence-corrected chi connectivity index (χ0v) is 16.2. The summed E-state index contributed by atoms with van der Waals surface area (Å²) in [5.41, 5.74) is 2.41. The first-order valence-corrected chi connectivity index (χ1v) is 8.85. The summed E-state index contributed by atoms with van der Waals surface area (Å²) in [6, 6.07) is 5.54. The first-order valence-electron chi connectivity index (χ1n) is 8.85. The third-order valence-corrected chi connectivity index (χ3v) is 4.52. The van der Waals surface area contributed by atoms with Gasteiger partial charge in [0.1, 0.15) is 0 Å². The molecule has 1 aromatic rings. The van der Waals surface area contributed by atoms with Gasteiger partial charge in [0.05, 0.1) is 0 Å². The maximum absolute atomic E-state index is 12.6. The second-order valence-corrected chi connectivity index (χ2v) is 6.78. The molecular weight excluding hydrogens is 338 g/mol. The molecule has 1 saturated heterocycles. The lowest BCUT2D eigenvalue weighted by Gasteiger charge is -2.31. The molecule has 1 aliphatic heterocycles. The summed E-state index contributed by atoms with van der Waals surface area (Å²) in [4.78, 5) is 26.5. The second-order valence-electron chi connectivity index (χ2n) is 6.78. The minimum Gasteiger partial charge on any atom is -0.338 e. The van der Waals surface area contributed by atoms with Gasteiger partial charge in [-0.1, -0.05) is 6.92 Å². The Labute approximate surface area is 157 Å². The van der Waals surface area contributed by atoms with Crippen LogP contribution < -0.4 is 10.6 Å². The summed E-state index contributed by atoms with van der Waals surface area (Å²) in [5.74, 6) is 0.675. The van der Waals surface area contributed by atoms with Crippen molar-refractivity contribution in [3.8, 4) is 0 Å². The van der Waals surface area contributed by atoms with Crippen LogP contribution in [0.4, 0.5) is 5.69 Å². The number of nitrogens with zero attached hydrogens (tertiary/aromatic N) is 1.